The Kier molecular flexibility index (Phi) is 3.32. The number of carboxylic acid groups (broad SMARTS) is 1. The number of carbonyl (C=O) groups is 2. The van der Waals surface area contributed by atoms with E-state index in [-0.39, 0.29) is 12.6 Å². The van der Waals surface area contributed by atoms with Crippen LogP contribution in [0.25, 0.3) is 0 Å². The minimum atomic E-state index is -0.948. The third kappa shape index (κ3) is 2.58. The van der Waals surface area contributed by atoms with Crippen LogP contribution >= 0.6 is 0 Å². The van der Waals surface area contributed by atoms with Gasteiger partial charge in [-0.15, -0.1) is 0 Å². The number of furan rings is 1. The van der Waals surface area contributed by atoms with Gasteiger partial charge in [-0.1, -0.05) is 0 Å². The lowest BCUT2D eigenvalue weighted by Crippen LogP contribution is -2.45. The molecule has 2 N–H and O–H groups in total. The Morgan fingerprint density at radius 3 is 3.06 bits per heavy atom. The molecule has 2 heterocycles. The average molecular weight is 238 g/mol. The average Bonchev–Trinajstić information content (AvgIpc) is 2.96. The van der Waals surface area contributed by atoms with Crippen LogP contribution in [0, 0.1) is 0 Å². The van der Waals surface area contributed by atoms with E-state index >= 15 is 0 Å². The summed E-state index contributed by atoms with van der Waals surface area (Å²) in [5.74, 6) is -0.305. The maximum atomic E-state index is 11.8. The molecule has 1 unspecified atom stereocenters. The molecule has 0 aromatic carbocycles. The molecule has 0 saturated carbocycles. The van der Waals surface area contributed by atoms with E-state index < -0.39 is 12.0 Å². The molecule has 6 nitrogen and oxygen atoms in total. The van der Waals surface area contributed by atoms with Gasteiger partial charge in [0.25, 0.3) is 0 Å². The summed E-state index contributed by atoms with van der Waals surface area (Å²) in [4.78, 5) is 24.0. The molecule has 0 spiro atoms. The van der Waals surface area contributed by atoms with Gasteiger partial charge in [-0.05, 0) is 25.0 Å². The van der Waals surface area contributed by atoms with E-state index in [2.05, 4.69) is 5.32 Å². The highest BCUT2D eigenvalue weighted by Gasteiger charge is 2.33. The van der Waals surface area contributed by atoms with E-state index in [4.69, 9.17) is 9.52 Å². The number of aliphatic carboxylic acids is 1. The van der Waals surface area contributed by atoms with Crippen molar-refractivity contribution < 1.29 is 19.1 Å². The number of carboxylic acids is 1. The first-order valence-electron chi connectivity index (χ1n) is 5.48. The molecule has 6 heteroatoms. The lowest BCUT2D eigenvalue weighted by atomic mass is 10.2. The Morgan fingerprint density at radius 2 is 2.41 bits per heavy atom. The van der Waals surface area contributed by atoms with E-state index in [1.807, 2.05) is 0 Å². The lowest BCUT2D eigenvalue weighted by Gasteiger charge is -2.21. The number of nitrogens with zero attached hydrogens (tertiary/aromatic N) is 1. The molecule has 0 aliphatic carbocycles. The fourth-order valence-corrected chi connectivity index (χ4v) is 1.94. The molecule has 1 saturated heterocycles. The zero-order valence-corrected chi connectivity index (χ0v) is 9.26. The molecule has 1 atom stereocenters. The first-order valence-corrected chi connectivity index (χ1v) is 5.48. The summed E-state index contributed by atoms with van der Waals surface area (Å²) >= 11 is 0. The molecule has 0 bridgehead atoms. The summed E-state index contributed by atoms with van der Waals surface area (Å²) in [6.07, 6.45) is 2.77. The largest absolute Gasteiger partial charge is 0.480 e. The molecule has 92 valence electrons. The number of hydrogen-bond acceptors (Lipinski definition) is 3. The predicted molar refractivity (Wildman–Crippen MR) is 58.3 cm³/mol. The summed E-state index contributed by atoms with van der Waals surface area (Å²) in [7, 11) is 0. The highest BCUT2D eigenvalue weighted by Crippen LogP contribution is 2.17. The number of hydrogen-bond donors (Lipinski definition) is 2. The number of amides is 2. The van der Waals surface area contributed by atoms with Gasteiger partial charge in [-0.25, -0.2) is 9.59 Å². The second-order valence-electron chi connectivity index (χ2n) is 3.93. The zero-order chi connectivity index (χ0) is 12.3. The first kappa shape index (κ1) is 11.5. The van der Waals surface area contributed by atoms with Crippen molar-refractivity contribution in [3.8, 4) is 0 Å². The van der Waals surface area contributed by atoms with Gasteiger partial charge in [0.05, 0.1) is 12.8 Å². The fraction of sp³-hybridized carbons (Fsp3) is 0.455. The van der Waals surface area contributed by atoms with E-state index in [0.29, 0.717) is 18.7 Å². The normalized spacial score (nSPS) is 19.3. The van der Waals surface area contributed by atoms with Gasteiger partial charge < -0.3 is 19.7 Å². The van der Waals surface area contributed by atoms with Gasteiger partial charge in [-0.3, -0.25) is 0 Å². The van der Waals surface area contributed by atoms with Crippen LogP contribution in [0.5, 0.6) is 0 Å². The number of likely N-dealkylation sites (tertiary alicyclic amines) is 1. The number of rotatable bonds is 3. The van der Waals surface area contributed by atoms with Crippen molar-refractivity contribution in [3.63, 3.8) is 0 Å². The Hall–Kier alpha value is -1.98. The Bertz CT molecular complexity index is 402. The maximum Gasteiger partial charge on any atom is 0.326 e. The van der Waals surface area contributed by atoms with Crippen molar-refractivity contribution in [3.05, 3.63) is 24.2 Å². The van der Waals surface area contributed by atoms with Crippen molar-refractivity contribution in [1.29, 1.82) is 0 Å². The predicted octanol–water partition coefficient (Wildman–Crippen LogP) is 1.04. The summed E-state index contributed by atoms with van der Waals surface area (Å²) in [6, 6.07) is 2.42. The van der Waals surface area contributed by atoms with E-state index in [1.165, 1.54) is 11.2 Å². The molecule has 1 aromatic heterocycles. The van der Waals surface area contributed by atoms with Crippen LogP contribution in [-0.2, 0) is 11.3 Å². The quantitative estimate of drug-likeness (QED) is 0.824. The molecule has 2 rings (SSSR count). The molecular weight excluding hydrogens is 224 g/mol. The van der Waals surface area contributed by atoms with Crippen molar-refractivity contribution in [2.45, 2.75) is 25.4 Å². The summed E-state index contributed by atoms with van der Waals surface area (Å²) in [6.45, 7) is 0.760. The molecule has 2 amide bonds. The van der Waals surface area contributed by atoms with Crippen molar-refractivity contribution in [2.75, 3.05) is 6.54 Å². The van der Waals surface area contributed by atoms with Crippen LogP contribution in [0.15, 0.2) is 22.8 Å². The lowest BCUT2D eigenvalue weighted by molar-refractivity contribution is -0.141. The van der Waals surface area contributed by atoms with Crippen molar-refractivity contribution in [1.82, 2.24) is 10.2 Å². The van der Waals surface area contributed by atoms with Gasteiger partial charge in [0.15, 0.2) is 0 Å². The van der Waals surface area contributed by atoms with Crippen LogP contribution in [0.4, 0.5) is 4.79 Å². The highest BCUT2D eigenvalue weighted by molar-refractivity contribution is 5.83. The van der Waals surface area contributed by atoms with E-state index in [1.54, 1.807) is 12.1 Å². The van der Waals surface area contributed by atoms with Crippen molar-refractivity contribution >= 4 is 12.0 Å². The van der Waals surface area contributed by atoms with Crippen LogP contribution in [0.3, 0.4) is 0 Å². The molecular formula is C11H14N2O4. The summed E-state index contributed by atoms with van der Waals surface area (Å²) in [5, 5.41) is 11.6. The van der Waals surface area contributed by atoms with E-state index in [0.717, 1.165) is 6.42 Å². The van der Waals surface area contributed by atoms with Gasteiger partial charge in [0, 0.05) is 6.54 Å². The van der Waals surface area contributed by atoms with Gasteiger partial charge in [0.1, 0.15) is 11.8 Å². The smallest absolute Gasteiger partial charge is 0.326 e. The summed E-state index contributed by atoms with van der Waals surface area (Å²) < 4.78 is 5.07. The third-order valence-corrected chi connectivity index (χ3v) is 2.79. The topological polar surface area (TPSA) is 82.8 Å². The van der Waals surface area contributed by atoms with Gasteiger partial charge in [0.2, 0.25) is 0 Å². The van der Waals surface area contributed by atoms with Crippen LogP contribution in [0.1, 0.15) is 18.6 Å². The molecule has 17 heavy (non-hydrogen) atoms. The molecule has 1 fully saturated rings. The Morgan fingerprint density at radius 1 is 1.59 bits per heavy atom. The van der Waals surface area contributed by atoms with E-state index in [9.17, 15) is 9.59 Å². The molecule has 1 aliphatic heterocycles. The molecule has 1 aliphatic rings. The van der Waals surface area contributed by atoms with Crippen LogP contribution < -0.4 is 5.32 Å². The third-order valence-electron chi connectivity index (χ3n) is 2.79. The second kappa shape index (κ2) is 4.90. The van der Waals surface area contributed by atoms with Crippen LogP contribution in [0.2, 0.25) is 0 Å². The number of nitrogens with one attached hydrogen (secondary N) is 1. The van der Waals surface area contributed by atoms with Crippen LogP contribution in [-0.4, -0.2) is 34.6 Å². The molecule has 1 aromatic rings. The monoisotopic (exact) mass is 238 g/mol. The Labute approximate surface area is 98.2 Å². The molecule has 0 radical (unpaired) electrons. The van der Waals surface area contributed by atoms with Crippen molar-refractivity contribution in [2.24, 2.45) is 0 Å². The minimum Gasteiger partial charge on any atom is -0.480 e. The summed E-state index contributed by atoms with van der Waals surface area (Å²) in [5.41, 5.74) is 0. The number of carbonyl (C=O) groups excluding carboxylic acids is 1. The maximum absolute atomic E-state index is 11.8. The zero-order valence-electron chi connectivity index (χ0n) is 9.26. The minimum absolute atomic E-state index is 0.272. The highest BCUT2D eigenvalue weighted by atomic mass is 16.4. The fourth-order valence-electron chi connectivity index (χ4n) is 1.94. The second-order valence-corrected chi connectivity index (χ2v) is 3.93. The standard InChI is InChI=1S/C11H14N2O4/c14-10(15)9-4-1-5-13(9)11(16)12-7-8-3-2-6-17-8/h2-3,6,9H,1,4-5,7H2,(H,12,16)(H,14,15). The van der Waals surface area contributed by atoms with Gasteiger partial charge >= 0.3 is 12.0 Å². The number of urea groups is 1. The SMILES string of the molecule is O=C(O)C1CCCN1C(=O)NCc1ccco1. The first-order chi connectivity index (χ1) is 8.18. The Balaban J connectivity index is 1.89. The van der Waals surface area contributed by atoms with Gasteiger partial charge in [-0.2, -0.15) is 0 Å².